The van der Waals surface area contributed by atoms with Crippen molar-refractivity contribution in [3.63, 3.8) is 0 Å². The fourth-order valence-corrected chi connectivity index (χ4v) is 2.19. The monoisotopic (exact) mass is 266 g/mol. The molecule has 0 saturated heterocycles. The third-order valence-electron chi connectivity index (χ3n) is 3.35. The van der Waals surface area contributed by atoms with E-state index < -0.39 is 0 Å². The van der Waals surface area contributed by atoms with E-state index in [0.29, 0.717) is 12.1 Å². The number of pyridine rings is 1. The van der Waals surface area contributed by atoms with Crippen LogP contribution in [0.15, 0.2) is 47.3 Å². The van der Waals surface area contributed by atoms with Gasteiger partial charge in [0.2, 0.25) is 0 Å². The number of unbranched alkanes of at least 4 members (excludes halogenated alkanes) is 1. The predicted octanol–water partition coefficient (Wildman–Crippen LogP) is 3.11. The molecule has 0 N–H and O–H groups in total. The Morgan fingerprint density at radius 1 is 1.15 bits per heavy atom. The van der Waals surface area contributed by atoms with Crippen molar-refractivity contribution in [2.24, 2.45) is 0 Å². The Morgan fingerprint density at radius 3 is 2.55 bits per heavy atom. The van der Waals surface area contributed by atoms with E-state index in [2.05, 4.69) is 13.0 Å². The quantitative estimate of drug-likeness (QED) is 0.834. The van der Waals surface area contributed by atoms with Crippen LogP contribution in [0.2, 0.25) is 0 Å². The molecule has 20 heavy (non-hydrogen) atoms. The molecular weight excluding hydrogens is 248 g/mol. The molecule has 3 heteroatoms. The summed E-state index contributed by atoms with van der Waals surface area (Å²) >= 11 is 0. The molecule has 1 aromatic heterocycles. The average molecular weight is 266 g/mol. The molecule has 0 radical (unpaired) electrons. The fourth-order valence-electron chi connectivity index (χ4n) is 2.19. The number of rotatable bonds is 5. The number of hydrogen-bond acceptors (Lipinski definition) is 2. The van der Waals surface area contributed by atoms with Crippen molar-refractivity contribution in [2.45, 2.75) is 32.7 Å². The summed E-state index contributed by atoms with van der Waals surface area (Å²) in [6.45, 7) is 2.70. The summed E-state index contributed by atoms with van der Waals surface area (Å²) in [6, 6.07) is 14.9. The lowest BCUT2D eigenvalue weighted by Crippen LogP contribution is -2.23. The Hall–Kier alpha value is -2.34. The number of benzene rings is 1. The van der Waals surface area contributed by atoms with E-state index >= 15 is 0 Å². The molecule has 3 nitrogen and oxygen atoms in total. The van der Waals surface area contributed by atoms with Crippen LogP contribution in [-0.2, 0) is 13.0 Å². The van der Waals surface area contributed by atoms with Crippen LogP contribution in [0.5, 0.6) is 0 Å². The second-order valence-corrected chi connectivity index (χ2v) is 4.85. The highest BCUT2D eigenvalue weighted by Crippen LogP contribution is 2.08. The van der Waals surface area contributed by atoms with Crippen LogP contribution in [0.4, 0.5) is 0 Å². The lowest BCUT2D eigenvalue weighted by molar-refractivity contribution is 0.667. The first kappa shape index (κ1) is 14.1. The molecule has 1 heterocycles. The van der Waals surface area contributed by atoms with E-state index in [1.54, 1.807) is 18.2 Å². The zero-order chi connectivity index (χ0) is 14.4. The second kappa shape index (κ2) is 6.72. The van der Waals surface area contributed by atoms with Gasteiger partial charge in [0.05, 0.1) is 18.2 Å². The Bertz CT molecular complexity index is 663. The van der Waals surface area contributed by atoms with E-state index in [9.17, 15) is 4.79 Å². The third-order valence-corrected chi connectivity index (χ3v) is 3.35. The Balaban J connectivity index is 2.27. The summed E-state index contributed by atoms with van der Waals surface area (Å²) in [5.74, 6) is 0. The predicted molar refractivity (Wildman–Crippen MR) is 79.6 cm³/mol. The minimum atomic E-state index is 0.0305. The van der Waals surface area contributed by atoms with Gasteiger partial charge in [0.25, 0.3) is 5.56 Å². The molecule has 2 rings (SSSR count). The number of aromatic nitrogens is 1. The van der Waals surface area contributed by atoms with Crippen LogP contribution in [0.3, 0.4) is 0 Å². The molecule has 0 saturated carbocycles. The first-order valence-corrected chi connectivity index (χ1v) is 6.92. The molecule has 102 valence electrons. The number of nitriles is 1. The van der Waals surface area contributed by atoms with Gasteiger partial charge in [-0.3, -0.25) is 4.79 Å². The maximum absolute atomic E-state index is 12.0. The van der Waals surface area contributed by atoms with Crippen molar-refractivity contribution in [1.82, 2.24) is 4.57 Å². The molecule has 0 aliphatic rings. The first-order chi connectivity index (χ1) is 9.74. The second-order valence-electron chi connectivity index (χ2n) is 4.85. The minimum absolute atomic E-state index is 0.0305. The van der Waals surface area contributed by atoms with E-state index in [0.717, 1.165) is 30.5 Å². The van der Waals surface area contributed by atoms with Gasteiger partial charge in [-0.25, -0.2) is 0 Å². The molecule has 0 unspecified atom stereocenters. The van der Waals surface area contributed by atoms with Crippen LogP contribution in [-0.4, -0.2) is 4.57 Å². The van der Waals surface area contributed by atoms with Crippen LogP contribution in [0.25, 0.3) is 0 Å². The van der Waals surface area contributed by atoms with Crippen molar-refractivity contribution in [3.8, 4) is 6.07 Å². The lowest BCUT2D eigenvalue weighted by Gasteiger charge is -2.12. The Labute approximate surface area is 119 Å². The first-order valence-electron chi connectivity index (χ1n) is 6.92. The third kappa shape index (κ3) is 3.36. The minimum Gasteiger partial charge on any atom is -0.308 e. The van der Waals surface area contributed by atoms with Crippen molar-refractivity contribution in [1.29, 1.82) is 5.26 Å². The topological polar surface area (TPSA) is 45.8 Å². The van der Waals surface area contributed by atoms with Crippen molar-refractivity contribution < 1.29 is 0 Å². The van der Waals surface area contributed by atoms with Gasteiger partial charge < -0.3 is 4.57 Å². The highest BCUT2D eigenvalue weighted by atomic mass is 16.1. The van der Waals surface area contributed by atoms with Gasteiger partial charge in [-0.05, 0) is 36.6 Å². The van der Waals surface area contributed by atoms with E-state index in [4.69, 9.17) is 5.26 Å². The summed E-state index contributed by atoms with van der Waals surface area (Å²) in [5, 5.41) is 8.80. The van der Waals surface area contributed by atoms with Crippen molar-refractivity contribution >= 4 is 0 Å². The summed E-state index contributed by atoms with van der Waals surface area (Å²) in [4.78, 5) is 12.0. The molecule has 0 bridgehead atoms. The summed E-state index contributed by atoms with van der Waals surface area (Å²) in [5.41, 5.74) is 2.78. The van der Waals surface area contributed by atoms with Gasteiger partial charge in [0, 0.05) is 11.8 Å². The number of aryl methyl sites for hydroxylation is 1. The van der Waals surface area contributed by atoms with E-state index in [-0.39, 0.29) is 5.56 Å². The van der Waals surface area contributed by atoms with Gasteiger partial charge in [-0.2, -0.15) is 5.26 Å². The average Bonchev–Trinajstić information content (AvgIpc) is 2.48. The Kier molecular flexibility index (Phi) is 4.73. The zero-order valence-electron chi connectivity index (χ0n) is 11.7. The molecule has 2 aromatic rings. The molecule has 0 amide bonds. The van der Waals surface area contributed by atoms with Crippen LogP contribution in [0.1, 0.15) is 36.6 Å². The Morgan fingerprint density at radius 2 is 1.90 bits per heavy atom. The molecule has 0 fully saturated rings. The highest BCUT2D eigenvalue weighted by Gasteiger charge is 2.04. The van der Waals surface area contributed by atoms with Crippen molar-refractivity contribution in [2.75, 3.05) is 0 Å². The summed E-state index contributed by atoms with van der Waals surface area (Å²) < 4.78 is 1.82. The largest absolute Gasteiger partial charge is 0.308 e. The number of nitrogens with zero attached hydrogens (tertiary/aromatic N) is 2. The van der Waals surface area contributed by atoms with E-state index in [1.165, 1.54) is 0 Å². The van der Waals surface area contributed by atoms with Crippen LogP contribution in [0, 0.1) is 11.3 Å². The van der Waals surface area contributed by atoms with Gasteiger partial charge in [-0.1, -0.05) is 31.5 Å². The number of hydrogen-bond donors (Lipinski definition) is 0. The summed E-state index contributed by atoms with van der Waals surface area (Å²) in [6.07, 6.45) is 3.11. The van der Waals surface area contributed by atoms with Crippen LogP contribution >= 0.6 is 0 Å². The SMILES string of the molecule is CCCCc1cccc(=O)n1Cc1ccc(C#N)cc1. The molecule has 0 atom stereocenters. The van der Waals surface area contributed by atoms with Gasteiger partial charge in [0.1, 0.15) is 0 Å². The molecule has 0 aliphatic carbocycles. The van der Waals surface area contributed by atoms with E-state index in [1.807, 2.05) is 28.8 Å². The van der Waals surface area contributed by atoms with Gasteiger partial charge in [0.15, 0.2) is 0 Å². The molecule has 1 aromatic carbocycles. The van der Waals surface area contributed by atoms with Crippen LogP contribution < -0.4 is 5.56 Å². The maximum atomic E-state index is 12.0. The highest BCUT2D eigenvalue weighted by molar-refractivity contribution is 5.31. The molecule has 0 aliphatic heterocycles. The smallest absolute Gasteiger partial charge is 0.251 e. The summed E-state index contributed by atoms with van der Waals surface area (Å²) in [7, 11) is 0. The molecular formula is C17H18N2O. The maximum Gasteiger partial charge on any atom is 0.251 e. The molecule has 0 spiro atoms. The standard InChI is InChI=1S/C17H18N2O/c1-2-3-5-16-6-4-7-17(20)19(16)13-15-10-8-14(12-18)9-11-15/h4,6-11H,2-3,5,13H2,1H3. The van der Waals surface area contributed by atoms with Gasteiger partial charge in [-0.15, -0.1) is 0 Å². The van der Waals surface area contributed by atoms with Gasteiger partial charge >= 0.3 is 0 Å². The zero-order valence-corrected chi connectivity index (χ0v) is 11.7. The lowest BCUT2D eigenvalue weighted by atomic mass is 10.1. The van der Waals surface area contributed by atoms with Crippen molar-refractivity contribution in [3.05, 3.63) is 69.6 Å². The fraction of sp³-hybridized carbons (Fsp3) is 0.294. The normalized spacial score (nSPS) is 10.2.